The number of pyridine rings is 1. The van der Waals surface area contributed by atoms with Crippen molar-refractivity contribution in [3.63, 3.8) is 0 Å². The molecule has 0 bridgehead atoms. The normalized spacial score (nSPS) is 17.2. The van der Waals surface area contributed by atoms with Gasteiger partial charge in [0.05, 0.1) is 5.75 Å². The number of hydrogen-bond donors (Lipinski definition) is 0. The van der Waals surface area contributed by atoms with E-state index in [1.165, 1.54) is 28.5 Å². The Morgan fingerprint density at radius 1 is 1.23 bits per heavy atom. The van der Waals surface area contributed by atoms with Crippen molar-refractivity contribution in [1.29, 1.82) is 0 Å². The van der Waals surface area contributed by atoms with E-state index in [2.05, 4.69) is 0 Å². The van der Waals surface area contributed by atoms with Gasteiger partial charge in [0.25, 0.3) is 0 Å². The molecule has 22 heavy (non-hydrogen) atoms. The fraction of sp³-hybridized carbons (Fsp3) is 0.357. The van der Waals surface area contributed by atoms with E-state index >= 15 is 0 Å². The zero-order valence-electron chi connectivity index (χ0n) is 11.8. The minimum absolute atomic E-state index is 0.0642. The number of fused-ring (bicyclic) bond motifs is 1. The van der Waals surface area contributed by atoms with Crippen LogP contribution in [0.25, 0.3) is 0 Å². The lowest BCUT2D eigenvalue weighted by Gasteiger charge is -2.24. The Bertz CT molecular complexity index is 714. The van der Waals surface area contributed by atoms with Crippen LogP contribution in [0, 0.1) is 0 Å². The van der Waals surface area contributed by atoms with Gasteiger partial charge in [-0.25, -0.2) is 0 Å². The molecule has 2 aromatic heterocycles. The van der Waals surface area contributed by atoms with E-state index < -0.39 is 10.1 Å². The minimum Gasteiger partial charge on any atom is -0.485 e. The van der Waals surface area contributed by atoms with Crippen LogP contribution in [0.15, 0.2) is 41.4 Å². The first-order valence-corrected chi connectivity index (χ1v) is 9.39. The summed E-state index contributed by atoms with van der Waals surface area (Å²) in [5, 5.41) is 3.77. The summed E-state index contributed by atoms with van der Waals surface area (Å²) in [6.07, 6.45) is 3.99. The Labute approximate surface area is 133 Å². The summed E-state index contributed by atoms with van der Waals surface area (Å²) in [7, 11) is -3.62. The van der Waals surface area contributed by atoms with E-state index in [9.17, 15) is 8.42 Å². The molecular weight excluding hydrogens is 326 g/mol. The summed E-state index contributed by atoms with van der Waals surface area (Å²) in [4.78, 5) is 0. The summed E-state index contributed by atoms with van der Waals surface area (Å²) in [6, 6.07) is 5.17. The molecule has 0 N–H and O–H groups in total. The number of nitrogens with zero attached hydrogens (tertiary/aromatic N) is 1. The van der Waals surface area contributed by atoms with Gasteiger partial charge >= 0.3 is 10.1 Å². The van der Waals surface area contributed by atoms with Crippen LogP contribution in [0.2, 0.25) is 0 Å². The van der Waals surface area contributed by atoms with Gasteiger partial charge in [0, 0.05) is 27.6 Å². The second kappa shape index (κ2) is 6.53. The number of thiophene rings is 1. The van der Waals surface area contributed by atoms with Crippen molar-refractivity contribution in [2.45, 2.75) is 18.9 Å². The second-order valence-corrected chi connectivity index (χ2v) is 7.28. The van der Waals surface area contributed by atoms with Crippen molar-refractivity contribution in [2.75, 3.05) is 12.4 Å². The predicted molar refractivity (Wildman–Crippen MR) is 80.5 cm³/mol. The van der Waals surface area contributed by atoms with Gasteiger partial charge in [-0.2, -0.15) is 8.42 Å². The molecule has 1 aliphatic heterocycles. The van der Waals surface area contributed by atoms with Crippen molar-refractivity contribution < 1.29 is 26.9 Å². The highest BCUT2D eigenvalue weighted by Gasteiger charge is 2.24. The standard InChI is InChI=1S/C14H16NO5S2/c16-22(17,20-15-6-2-1-3-7-15)8-4-5-12-9-18-13-10-21-11-14(13)19-12/h1-3,6-7,10-12H,4-5,8-9H2/q+1. The lowest BCUT2D eigenvalue weighted by atomic mass is 10.2. The Morgan fingerprint density at radius 2 is 2.00 bits per heavy atom. The molecule has 1 unspecified atom stereocenters. The lowest BCUT2D eigenvalue weighted by molar-refractivity contribution is -0.856. The van der Waals surface area contributed by atoms with E-state index in [1.807, 2.05) is 10.8 Å². The highest BCUT2D eigenvalue weighted by atomic mass is 32.2. The number of rotatable bonds is 6. The second-order valence-electron chi connectivity index (χ2n) is 4.87. The lowest BCUT2D eigenvalue weighted by Crippen LogP contribution is -2.45. The quantitative estimate of drug-likeness (QED) is 0.743. The molecule has 118 valence electrons. The van der Waals surface area contributed by atoms with Gasteiger partial charge in [-0.05, 0) is 12.8 Å². The Kier molecular flexibility index (Phi) is 4.49. The van der Waals surface area contributed by atoms with Crippen LogP contribution in [0.3, 0.4) is 0 Å². The summed E-state index contributed by atoms with van der Waals surface area (Å²) >= 11 is 1.52. The maximum absolute atomic E-state index is 11.9. The van der Waals surface area contributed by atoms with E-state index in [-0.39, 0.29) is 11.9 Å². The van der Waals surface area contributed by atoms with Gasteiger partial charge in [-0.3, -0.25) is 0 Å². The zero-order chi connectivity index (χ0) is 15.4. The fourth-order valence-electron chi connectivity index (χ4n) is 2.09. The smallest absolute Gasteiger partial charge is 0.367 e. The third-order valence-electron chi connectivity index (χ3n) is 3.12. The van der Waals surface area contributed by atoms with Crippen molar-refractivity contribution in [3.05, 3.63) is 41.4 Å². The summed E-state index contributed by atoms with van der Waals surface area (Å²) in [5.74, 6) is 1.43. The molecule has 0 amide bonds. The maximum atomic E-state index is 11.9. The van der Waals surface area contributed by atoms with E-state index in [0.29, 0.717) is 19.4 Å². The van der Waals surface area contributed by atoms with Gasteiger partial charge in [0.2, 0.25) is 12.4 Å². The molecule has 0 aromatic carbocycles. The van der Waals surface area contributed by atoms with Crippen LogP contribution < -0.4 is 18.5 Å². The Morgan fingerprint density at radius 3 is 2.82 bits per heavy atom. The first kappa shape index (κ1) is 15.1. The third kappa shape index (κ3) is 3.89. The third-order valence-corrected chi connectivity index (χ3v) is 5.01. The Hall–Kier alpha value is -1.80. The van der Waals surface area contributed by atoms with E-state index in [0.717, 1.165) is 11.5 Å². The molecule has 1 aliphatic rings. The molecule has 3 rings (SSSR count). The molecule has 0 aliphatic carbocycles. The van der Waals surface area contributed by atoms with E-state index in [4.69, 9.17) is 13.8 Å². The van der Waals surface area contributed by atoms with Crippen LogP contribution in [0.4, 0.5) is 0 Å². The SMILES string of the molecule is O=S(=O)(CCCC1COc2cscc2O1)O[n+]1ccccc1. The molecule has 6 nitrogen and oxygen atoms in total. The average Bonchev–Trinajstić information content (AvgIpc) is 2.95. The van der Waals surface area contributed by atoms with Crippen LogP contribution >= 0.6 is 11.3 Å². The fourth-order valence-corrected chi connectivity index (χ4v) is 3.72. The van der Waals surface area contributed by atoms with Crippen LogP contribution in [-0.4, -0.2) is 26.9 Å². The van der Waals surface area contributed by atoms with Crippen molar-refractivity contribution in [1.82, 2.24) is 0 Å². The Balaban J connectivity index is 1.47. The van der Waals surface area contributed by atoms with Crippen LogP contribution in [0.1, 0.15) is 12.8 Å². The van der Waals surface area contributed by atoms with Gasteiger partial charge in [-0.15, -0.1) is 15.6 Å². The van der Waals surface area contributed by atoms with E-state index in [1.54, 1.807) is 18.2 Å². The monoisotopic (exact) mass is 342 g/mol. The first-order valence-electron chi connectivity index (χ1n) is 6.87. The first-order chi connectivity index (χ1) is 10.6. The van der Waals surface area contributed by atoms with Gasteiger partial charge in [0.1, 0.15) is 12.7 Å². The summed E-state index contributed by atoms with van der Waals surface area (Å²) < 4.78 is 41.2. The molecular formula is C14H16NO5S2+. The number of aromatic nitrogens is 1. The number of hydrogen-bond acceptors (Lipinski definition) is 6. The summed E-state index contributed by atoms with van der Waals surface area (Å²) in [5.41, 5.74) is 0. The molecule has 0 saturated carbocycles. The highest BCUT2D eigenvalue weighted by Crippen LogP contribution is 2.35. The largest absolute Gasteiger partial charge is 0.485 e. The van der Waals surface area contributed by atoms with Crippen LogP contribution in [-0.2, 0) is 10.1 Å². The molecule has 0 spiro atoms. The van der Waals surface area contributed by atoms with Crippen molar-refractivity contribution in [3.8, 4) is 11.5 Å². The molecule has 8 heteroatoms. The van der Waals surface area contributed by atoms with Gasteiger partial charge in [-0.1, -0.05) is 6.07 Å². The molecule has 2 aromatic rings. The molecule has 0 fully saturated rings. The average molecular weight is 342 g/mol. The van der Waals surface area contributed by atoms with Gasteiger partial charge in [0.15, 0.2) is 11.5 Å². The maximum Gasteiger partial charge on any atom is 0.367 e. The van der Waals surface area contributed by atoms with Crippen LogP contribution in [0.5, 0.6) is 11.5 Å². The van der Waals surface area contributed by atoms with Gasteiger partial charge < -0.3 is 9.47 Å². The highest BCUT2D eigenvalue weighted by molar-refractivity contribution is 7.86. The summed E-state index contributed by atoms with van der Waals surface area (Å²) in [6.45, 7) is 0.443. The topological polar surface area (TPSA) is 65.7 Å². The molecule has 0 saturated heterocycles. The van der Waals surface area contributed by atoms with Crippen molar-refractivity contribution in [2.24, 2.45) is 0 Å². The zero-order valence-corrected chi connectivity index (χ0v) is 13.4. The molecule has 1 atom stereocenters. The molecule has 3 heterocycles. The molecule has 0 radical (unpaired) electrons. The number of ether oxygens (including phenoxy) is 2. The van der Waals surface area contributed by atoms with Crippen molar-refractivity contribution >= 4 is 21.5 Å². The minimum atomic E-state index is -3.62. The predicted octanol–water partition coefficient (Wildman–Crippen LogP) is 1.41.